The highest BCUT2D eigenvalue weighted by Gasteiger charge is 2.22. The van der Waals surface area contributed by atoms with Crippen molar-refractivity contribution in [3.63, 3.8) is 0 Å². The third-order valence-corrected chi connectivity index (χ3v) is 3.02. The summed E-state index contributed by atoms with van der Waals surface area (Å²) in [6.45, 7) is 3.84. The Morgan fingerprint density at radius 2 is 2.20 bits per heavy atom. The molecule has 6 heteroatoms. The molecule has 0 aliphatic rings. The first-order chi connectivity index (χ1) is 9.58. The zero-order chi connectivity index (χ0) is 14.3. The predicted octanol–water partition coefficient (Wildman–Crippen LogP) is 3.30. The molecule has 0 saturated heterocycles. The van der Waals surface area contributed by atoms with Crippen molar-refractivity contribution >= 4 is 17.1 Å². The van der Waals surface area contributed by atoms with Gasteiger partial charge in [0.15, 0.2) is 5.76 Å². The van der Waals surface area contributed by atoms with Crippen LogP contribution in [0.25, 0.3) is 22.6 Å². The first kappa shape index (κ1) is 12.4. The van der Waals surface area contributed by atoms with Crippen LogP contribution >= 0.6 is 0 Å². The van der Waals surface area contributed by atoms with E-state index in [9.17, 15) is 9.90 Å². The minimum Gasteiger partial charge on any atom is -0.478 e. The number of hydrogen-bond acceptors (Lipinski definition) is 5. The molecular formula is C14H12N2O4. The molecule has 0 bridgehead atoms. The summed E-state index contributed by atoms with van der Waals surface area (Å²) in [5, 5.41) is 13.8. The van der Waals surface area contributed by atoms with Gasteiger partial charge in [-0.1, -0.05) is 19.0 Å². The maximum Gasteiger partial charge on any atom is 0.336 e. The predicted molar refractivity (Wildman–Crippen MR) is 70.6 cm³/mol. The van der Waals surface area contributed by atoms with Crippen molar-refractivity contribution in [1.82, 2.24) is 10.1 Å². The number of hydrogen-bond donors (Lipinski definition) is 1. The summed E-state index contributed by atoms with van der Waals surface area (Å²) in [6, 6.07) is 4.90. The van der Waals surface area contributed by atoms with Crippen molar-refractivity contribution in [3.05, 3.63) is 35.7 Å². The Hall–Kier alpha value is -2.63. The molecule has 0 radical (unpaired) electrons. The Bertz CT molecular complexity index is 772. The van der Waals surface area contributed by atoms with Crippen LogP contribution in [-0.2, 0) is 0 Å². The number of furan rings is 1. The summed E-state index contributed by atoms with van der Waals surface area (Å²) in [4.78, 5) is 15.8. The van der Waals surface area contributed by atoms with Crippen molar-refractivity contribution in [2.24, 2.45) is 0 Å². The van der Waals surface area contributed by atoms with Crippen molar-refractivity contribution in [1.29, 1.82) is 0 Å². The number of fused-ring (bicyclic) bond motifs is 1. The lowest BCUT2D eigenvalue weighted by Crippen LogP contribution is -2.01. The maximum absolute atomic E-state index is 11.5. The fourth-order valence-electron chi connectivity index (χ4n) is 2.09. The van der Waals surface area contributed by atoms with Gasteiger partial charge in [0.05, 0.1) is 22.9 Å². The minimum absolute atomic E-state index is 0.0469. The van der Waals surface area contributed by atoms with E-state index < -0.39 is 5.97 Å². The molecule has 0 aliphatic heterocycles. The van der Waals surface area contributed by atoms with Crippen LogP contribution in [0.5, 0.6) is 0 Å². The Morgan fingerprint density at radius 1 is 1.40 bits per heavy atom. The van der Waals surface area contributed by atoms with E-state index in [0.29, 0.717) is 22.5 Å². The zero-order valence-corrected chi connectivity index (χ0v) is 11.0. The molecule has 3 rings (SSSR count). The Morgan fingerprint density at radius 3 is 2.80 bits per heavy atom. The van der Waals surface area contributed by atoms with Gasteiger partial charge >= 0.3 is 5.97 Å². The summed E-state index contributed by atoms with van der Waals surface area (Å²) in [5.74, 6) is -0.516. The van der Waals surface area contributed by atoms with Gasteiger partial charge in [0, 0.05) is 0 Å². The first-order valence-electron chi connectivity index (χ1n) is 6.15. The van der Waals surface area contributed by atoms with E-state index in [1.165, 1.54) is 12.3 Å². The highest BCUT2D eigenvalue weighted by atomic mass is 16.5. The molecule has 0 spiro atoms. The Labute approximate surface area is 114 Å². The van der Waals surface area contributed by atoms with E-state index >= 15 is 0 Å². The molecule has 102 valence electrons. The largest absolute Gasteiger partial charge is 0.478 e. The van der Waals surface area contributed by atoms with Gasteiger partial charge < -0.3 is 14.0 Å². The molecule has 1 N–H and O–H groups in total. The van der Waals surface area contributed by atoms with Crippen LogP contribution in [-0.4, -0.2) is 21.2 Å². The molecule has 0 amide bonds. The topological polar surface area (TPSA) is 89.4 Å². The van der Waals surface area contributed by atoms with Crippen molar-refractivity contribution in [3.8, 4) is 11.5 Å². The standard InChI is InChI=1S/C14H12N2O4/c1-7(2)12-11-8(14(17)18)6-9(10-4-3-5-19-10)15-13(11)20-16-12/h3-7H,1-2H3,(H,17,18). The molecule has 3 aromatic rings. The normalized spacial score (nSPS) is 11.3. The van der Waals surface area contributed by atoms with E-state index in [4.69, 9.17) is 8.94 Å². The lowest BCUT2D eigenvalue weighted by molar-refractivity contribution is 0.0699. The molecule has 6 nitrogen and oxygen atoms in total. The summed E-state index contributed by atoms with van der Waals surface area (Å²) in [7, 11) is 0. The van der Waals surface area contributed by atoms with Crippen LogP contribution in [0.4, 0.5) is 0 Å². The molecule has 0 atom stereocenters. The van der Waals surface area contributed by atoms with Crippen LogP contribution in [0, 0.1) is 0 Å². The average molecular weight is 272 g/mol. The lowest BCUT2D eigenvalue weighted by Gasteiger charge is -2.03. The molecule has 20 heavy (non-hydrogen) atoms. The number of pyridine rings is 1. The third kappa shape index (κ3) is 1.85. The maximum atomic E-state index is 11.5. The summed E-state index contributed by atoms with van der Waals surface area (Å²) in [6.07, 6.45) is 1.50. The fourth-order valence-corrected chi connectivity index (χ4v) is 2.09. The monoisotopic (exact) mass is 272 g/mol. The molecule has 0 fully saturated rings. The lowest BCUT2D eigenvalue weighted by atomic mass is 10.0. The molecule has 0 aliphatic carbocycles. The average Bonchev–Trinajstić information content (AvgIpc) is 3.06. The summed E-state index contributed by atoms with van der Waals surface area (Å²) >= 11 is 0. The van der Waals surface area contributed by atoms with E-state index in [0.717, 1.165) is 0 Å². The molecule has 3 heterocycles. The van der Waals surface area contributed by atoms with Gasteiger partial charge in [0.2, 0.25) is 0 Å². The highest BCUT2D eigenvalue weighted by molar-refractivity contribution is 6.03. The third-order valence-electron chi connectivity index (χ3n) is 3.02. The van der Waals surface area contributed by atoms with Crippen LogP contribution in [0.15, 0.2) is 33.4 Å². The molecule has 0 unspecified atom stereocenters. The minimum atomic E-state index is -1.05. The van der Waals surface area contributed by atoms with Crippen LogP contribution in [0.1, 0.15) is 35.8 Å². The van der Waals surface area contributed by atoms with Gasteiger partial charge in [-0.2, -0.15) is 0 Å². The fraction of sp³-hybridized carbons (Fsp3) is 0.214. The summed E-state index contributed by atoms with van der Waals surface area (Å²) < 4.78 is 10.4. The van der Waals surface area contributed by atoms with Crippen LogP contribution < -0.4 is 0 Å². The smallest absolute Gasteiger partial charge is 0.336 e. The van der Waals surface area contributed by atoms with E-state index in [1.54, 1.807) is 12.1 Å². The number of carboxylic acids is 1. The summed E-state index contributed by atoms with van der Waals surface area (Å²) in [5.41, 5.74) is 1.33. The SMILES string of the molecule is CC(C)c1noc2nc(-c3ccco3)cc(C(=O)O)c12. The highest BCUT2D eigenvalue weighted by Crippen LogP contribution is 2.30. The van der Waals surface area contributed by atoms with E-state index in [1.807, 2.05) is 13.8 Å². The Balaban J connectivity index is 2.32. The van der Waals surface area contributed by atoms with Crippen LogP contribution in [0.3, 0.4) is 0 Å². The van der Waals surface area contributed by atoms with Crippen molar-refractivity contribution in [2.45, 2.75) is 19.8 Å². The number of nitrogens with zero attached hydrogens (tertiary/aromatic N) is 2. The first-order valence-corrected chi connectivity index (χ1v) is 6.15. The van der Waals surface area contributed by atoms with Gasteiger partial charge in [0.25, 0.3) is 5.71 Å². The number of carbonyl (C=O) groups is 1. The molecule has 0 aromatic carbocycles. The van der Waals surface area contributed by atoms with Gasteiger partial charge in [-0.25, -0.2) is 9.78 Å². The quantitative estimate of drug-likeness (QED) is 0.786. The van der Waals surface area contributed by atoms with E-state index in [2.05, 4.69) is 10.1 Å². The Kier molecular flexibility index (Phi) is 2.78. The van der Waals surface area contributed by atoms with Gasteiger partial charge in [-0.15, -0.1) is 0 Å². The second-order valence-corrected chi connectivity index (χ2v) is 4.74. The second kappa shape index (κ2) is 4.48. The number of aromatic nitrogens is 2. The number of carboxylic acid groups (broad SMARTS) is 1. The van der Waals surface area contributed by atoms with Crippen molar-refractivity contribution in [2.75, 3.05) is 0 Å². The molecular weight excluding hydrogens is 260 g/mol. The van der Waals surface area contributed by atoms with Gasteiger partial charge in [-0.05, 0) is 24.1 Å². The van der Waals surface area contributed by atoms with Crippen LogP contribution in [0.2, 0.25) is 0 Å². The van der Waals surface area contributed by atoms with Crippen molar-refractivity contribution < 1.29 is 18.8 Å². The number of aromatic carboxylic acids is 1. The second-order valence-electron chi connectivity index (χ2n) is 4.74. The molecule has 3 aromatic heterocycles. The molecule has 0 saturated carbocycles. The number of rotatable bonds is 3. The van der Waals surface area contributed by atoms with E-state index in [-0.39, 0.29) is 17.2 Å². The van der Waals surface area contributed by atoms with Gasteiger partial charge in [-0.3, -0.25) is 0 Å². The zero-order valence-electron chi connectivity index (χ0n) is 11.0. The van der Waals surface area contributed by atoms with Gasteiger partial charge in [0.1, 0.15) is 5.69 Å².